The van der Waals surface area contributed by atoms with Crippen LogP contribution in [0.25, 0.3) is 0 Å². The van der Waals surface area contributed by atoms with E-state index in [-0.39, 0.29) is 60.7 Å². The zero-order chi connectivity index (χ0) is 25.5. The van der Waals surface area contributed by atoms with Crippen LogP contribution in [-0.2, 0) is 16.5 Å². The number of rotatable bonds is 9. The minimum absolute atomic E-state index is 0.126. The summed E-state index contributed by atoms with van der Waals surface area (Å²) in [5.74, 6) is -1.75. The number of nitrogens with zero attached hydrogens (tertiary/aromatic N) is 3. The highest BCUT2D eigenvalue weighted by Crippen LogP contribution is 2.33. The van der Waals surface area contributed by atoms with Crippen molar-refractivity contribution in [3.63, 3.8) is 0 Å². The number of hydrogen-bond donors (Lipinski definition) is 6. The zero-order valence-electron chi connectivity index (χ0n) is 18.2. The van der Waals surface area contributed by atoms with Crippen LogP contribution < -0.4 is 32.6 Å². The third kappa shape index (κ3) is 6.23. The van der Waals surface area contributed by atoms with E-state index in [1.165, 1.54) is 6.07 Å². The highest BCUT2D eigenvalue weighted by Gasteiger charge is 2.41. The number of nitrogen functional groups attached to an aromatic ring is 1. The summed E-state index contributed by atoms with van der Waals surface area (Å²) in [5, 5.41) is 21.9. The Labute approximate surface area is 193 Å². The van der Waals surface area contributed by atoms with Gasteiger partial charge in [-0.25, -0.2) is 4.98 Å². The number of nitrogens with one attached hydrogen (secondary N) is 3. The molecule has 0 fully saturated rings. The van der Waals surface area contributed by atoms with Crippen molar-refractivity contribution in [1.82, 2.24) is 15.3 Å². The molecule has 0 aliphatic heterocycles. The Bertz CT molecular complexity index is 1100. The van der Waals surface area contributed by atoms with Gasteiger partial charge in [0.2, 0.25) is 11.8 Å². The second kappa shape index (κ2) is 10.7. The van der Waals surface area contributed by atoms with Crippen LogP contribution in [0, 0.1) is 16.7 Å². The first-order valence-corrected chi connectivity index (χ1v) is 9.98. The average molecular weight is 479 g/mol. The number of aromatic nitrogens is 2. The van der Waals surface area contributed by atoms with E-state index in [0.29, 0.717) is 0 Å². The maximum absolute atomic E-state index is 13.3. The summed E-state index contributed by atoms with van der Waals surface area (Å²) in [7, 11) is 0. The quantitative estimate of drug-likeness (QED) is 0.175. The lowest BCUT2D eigenvalue weighted by Crippen LogP contribution is -2.50. The van der Waals surface area contributed by atoms with Gasteiger partial charge in [-0.2, -0.15) is 23.4 Å². The zero-order valence-corrected chi connectivity index (χ0v) is 18.2. The van der Waals surface area contributed by atoms with Crippen LogP contribution in [0.2, 0.25) is 0 Å². The second-order valence-corrected chi connectivity index (χ2v) is 7.10. The van der Waals surface area contributed by atoms with Crippen LogP contribution in [-0.4, -0.2) is 35.0 Å². The highest BCUT2D eigenvalue weighted by molar-refractivity contribution is 5.99. The molecule has 11 nitrogen and oxygen atoms in total. The van der Waals surface area contributed by atoms with Gasteiger partial charge >= 0.3 is 6.18 Å². The van der Waals surface area contributed by atoms with Crippen molar-refractivity contribution in [3.8, 4) is 11.9 Å². The maximum atomic E-state index is 13.3. The Hall–Kier alpha value is -4.12. The summed E-state index contributed by atoms with van der Waals surface area (Å²) in [6.07, 6.45) is -4.60. The minimum atomic E-state index is -4.62. The summed E-state index contributed by atoms with van der Waals surface area (Å²) in [6, 6.07) is 5.85. The van der Waals surface area contributed by atoms with Gasteiger partial charge in [-0.1, -0.05) is 6.07 Å². The van der Waals surface area contributed by atoms with Gasteiger partial charge in [-0.3, -0.25) is 10.2 Å². The van der Waals surface area contributed by atoms with Crippen molar-refractivity contribution in [2.75, 3.05) is 24.2 Å². The van der Waals surface area contributed by atoms with Crippen LogP contribution in [0.15, 0.2) is 24.3 Å². The first-order valence-electron chi connectivity index (χ1n) is 9.98. The molecule has 1 amide bonds. The lowest BCUT2D eigenvalue weighted by atomic mass is 9.86. The number of carbonyl (C=O) groups excluding carboxylic acids is 1. The molecule has 0 aliphatic carbocycles. The topological polar surface area (TPSA) is 202 Å². The predicted octanol–water partition coefficient (Wildman–Crippen LogP) is 1.40. The number of anilines is 2. The number of hydrogen-bond acceptors (Lipinski definition) is 8. The molecule has 1 aromatic heterocycles. The molecule has 1 heterocycles. The minimum Gasteiger partial charge on any atom is -0.477 e. The van der Waals surface area contributed by atoms with Gasteiger partial charge in [0.15, 0.2) is 5.96 Å². The number of nitriles is 1. The Morgan fingerprint density at radius 3 is 2.62 bits per heavy atom. The standard InChI is InChI=1S/C20H24F3N9O2/c1-2-34-15-13(10-24)14(31-18(27)32-15)19(28,7-4-8-29-17(25)26)16(33)30-12-6-3-5-11(9-12)20(21,22)23/h3,5-6,9H,2,4,7-8,28H2,1H3,(H,30,33)(H4,25,26,29)(H2,27,31,32)/t19-/m1/s1. The van der Waals surface area contributed by atoms with Crippen molar-refractivity contribution >= 4 is 23.5 Å². The molecule has 0 bridgehead atoms. The number of carbonyl (C=O) groups is 1. The monoisotopic (exact) mass is 479 g/mol. The van der Waals surface area contributed by atoms with Crippen LogP contribution in [0.3, 0.4) is 0 Å². The highest BCUT2D eigenvalue weighted by atomic mass is 19.4. The lowest BCUT2D eigenvalue weighted by Gasteiger charge is -2.29. The third-order valence-electron chi connectivity index (χ3n) is 4.62. The molecule has 0 unspecified atom stereocenters. The Morgan fingerprint density at radius 1 is 1.32 bits per heavy atom. The van der Waals surface area contributed by atoms with Gasteiger partial charge in [0.25, 0.3) is 5.91 Å². The van der Waals surface area contributed by atoms with Crippen LogP contribution in [0.4, 0.5) is 24.8 Å². The molecule has 0 saturated carbocycles. The summed E-state index contributed by atoms with van der Waals surface area (Å²) < 4.78 is 44.6. The van der Waals surface area contributed by atoms with Crippen molar-refractivity contribution in [1.29, 1.82) is 10.7 Å². The molecule has 0 saturated heterocycles. The molecule has 0 aliphatic rings. The summed E-state index contributed by atoms with van der Waals surface area (Å²) in [6.45, 7) is 1.91. The number of amides is 1. The molecule has 14 heteroatoms. The number of benzene rings is 1. The van der Waals surface area contributed by atoms with Crippen LogP contribution in [0.5, 0.6) is 5.88 Å². The normalized spacial score (nSPS) is 12.8. The van der Waals surface area contributed by atoms with Gasteiger partial charge < -0.3 is 32.6 Å². The summed E-state index contributed by atoms with van der Waals surface area (Å²) in [4.78, 5) is 21.2. The molecule has 2 aromatic rings. The van der Waals surface area contributed by atoms with Crippen molar-refractivity contribution in [3.05, 3.63) is 41.1 Å². The molecular weight excluding hydrogens is 455 g/mol. The van der Waals surface area contributed by atoms with E-state index >= 15 is 0 Å². The van der Waals surface area contributed by atoms with E-state index in [2.05, 4.69) is 20.6 Å². The van der Waals surface area contributed by atoms with Gasteiger partial charge in [-0.05, 0) is 38.0 Å². The lowest BCUT2D eigenvalue weighted by molar-refractivity contribution is -0.137. The number of nitrogens with two attached hydrogens (primary N) is 3. The van der Waals surface area contributed by atoms with E-state index in [1.807, 2.05) is 6.07 Å². The molecule has 34 heavy (non-hydrogen) atoms. The van der Waals surface area contributed by atoms with Crippen LogP contribution >= 0.6 is 0 Å². The molecule has 2 rings (SSSR count). The predicted molar refractivity (Wildman–Crippen MR) is 117 cm³/mol. The van der Waals surface area contributed by atoms with Crippen molar-refractivity contribution in [2.45, 2.75) is 31.5 Å². The van der Waals surface area contributed by atoms with Gasteiger partial charge in [0, 0.05) is 12.2 Å². The van der Waals surface area contributed by atoms with Crippen molar-refractivity contribution < 1.29 is 22.7 Å². The van der Waals surface area contributed by atoms with Gasteiger partial charge in [0.05, 0.1) is 17.9 Å². The number of guanidine groups is 1. The van der Waals surface area contributed by atoms with E-state index in [9.17, 15) is 23.2 Å². The second-order valence-electron chi connectivity index (χ2n) is 7.10. The molecule has 9 N–H and O–H groups in total. The van der Waals surface area contributed by atoms with E-state index in [0.717, 1.165) is 18.2 Å². The molecule has 1 aromatic carbocycles. The van der Waals surface area contributed by atoms with Gasteiger partial charge in [0.1, 0.15) is 17.2 Å². The third-order valence-corrected chi connectivity index (χ3v) is 4.62. The van der Waals surface area contributed by atoms with Crippen LogP contribution in [0.1, 0.15) is 36.6 Å². The molecule has 0 spiro atoms. The molecule has 1 atom stereocenters. The smallest absolute Gasteiger partial charge is 0.416 e. The largest absolute Gasteiger partial charge is 0.477 e. The summed E-state index contributed by atoms with van der Waals surface area (Å²) >= 11 is 0. The number of halogens is 3. The summed E-state index contributed by atoms with van der Waals surface area (Å²) in [5.41, 5.74) is 13.8. The Morgan fingerprint density at radius 2 is 2.03 bits per heavy atom. The fourth-order valence-corrected chi connectivity index (χ4v) is 3.07. The molecule has 182 valence electrons. The maximum Gasteiger partial charge on any atom is 0.416 e. The Balaban J connectivity index is 2.52. The average Bonchev–Trinajstić information content (AvgIpc) is 2.76. The van der Waals surface area contributed by atoms with E-state index in [4.69, 9.17) is 27.3 Å². The first-order chi connectivity index (χ1) is 15.9. The fraction of sp³-hybridized carbons (Fsp3) is 0.350. The van der Waals surface area contributed by atoms with Crippen molar-refractivity contribution in [2.24, 2.45) is 11.5 Å². The molecule has 0 radical (unpaired) electrons. The number of alkyl halides is 3. The fourth-order valence-electron chi connectivity index (χ4n) is 3.07. The number of ether oxygens (including phenoxy) is 1. The Kier molecular flexibility index (Phi) is 8.20. The van der Waals surface area contributed by atoms with Gasteiger partial charge in [-0.15, -0.1) is 0 Å². The van der Waals surface area contributed by atoms with E-state index < -0.39 is 23.2 Å². The van der Waals surface area contributed by atoms with E-state index in [1.54, 1.807) is 6.92 Å². The molecular formula is C20H24F3N9O2. The SMILES string of the molecule is CCOc1nc(N)nc([C@](N)(CCCNC(=N)N)C(=O)Nc2cccc(C(F)(F)F)c2)c1C#N. The first kappa shape index (κ1) is 26.1.